The molecule has 2 N–H and O–H groups in total. The molecule has 1 atom stereocenters. The van der Waals surface area contributed by atoms with Gasteiger partial charge in [0.1, 0.15) is 0 Å². The van der Waals surface area contributed by atoms with Crippen molar-refractivity contribution in [1.29, 1.82) is 0 Å². The highest BCUT2D eigenvalue weighted by Gasteiger charge is 2.31. The van der Waals surface area contributed by atoms with Crippen LogP contribution in [-0.4, -0.2) is 34.2 Å². The van der Waals surface area contributed by atoms with Crippen LogP contribution in [0.3, 0.4) is 0 Å². The number of hydrogen-bond donors (Lipinski definition) is 2. The zero-order valence-electron chi connectivity index (χ0n) is 12.6. The summed E-state index contributed by atoms with van der Waals surface area (Å²) in [6, 6.07) is 1.76. The molecule has 1 heterocycles. The number of hydrogen-bond acceptors (Lipinski definition) is 5. The van der Waals surface area contributed by atoms with Gasteiger partial charge in [0.15, 0.2) is 0 Å². The van der Waals surface area contributed by atoms with Crippen molar-refractivity contribution in [3.05, 3.63) is 11.8 Å². The van der Waals surface area contributed by atoms with Gasteiger partial charge in [-0.15, -0.1) is 0 Å². The Morgan fingerprint density at radius 2 is 2.15 bits per heavy atom. The molecule has 0 aliphatic carbocycles. The van der Waals surface area contributed by atoms with Gasteiger partial charge in [-0.3, -0.25) is 4.79 Å². The Morgan fingerprint density at radius 3 is 2.70 bits per heavy atom. The average molecular weight is 281 g/mol. The number of ether oxygens (including phenoxy) is 1. The molecule has 112 valence electrons. The van der Waals surface area contributed by atoms with Gasteiger partial charge in [0.2, 0.25) is 11.8 Å². The summed E-state index contributed by atoms with van der Waals surface area (Å²) in [4.78, 5) is 19.7. The quantitative estimate of drug-likeness (QED) is 0.761. The topological polar surface area (TPSA) is 84.3 Å². The smallest absolute Gasteiger partial charge is 0.311 e. The number of aryl methyl sites for hydroxylation is 1. The second-order valence-electron chi connectivity index (χ2n) is 5.09. The van der Waals surface area contributed by atoms with Crippen LogP contribution in [0, 0.1) is 12.3 Å². The van der Waals surface area contributed by atoms with Crippen LogP contribution in [0.25, 0.3) is 0 Å². The maximum Gasteiger partial charge on any atom is 0.311 e. The van der Waals surface area contributed by atoms with Crippen LogP contribution < -0.4 is 10.1 Å². The van der Waals surface area contributed by atoms with E-state index < -0.39 is 11.4 Å². The SMILES string of the molecule is CCCOc1cc(C)nc(NCC(C)(CC)C(=O)O)n1. The van der Waals surface area contributed by atoms with Crippen molar-refractivity contribution < 1.29 is 14.6 Å². The maximum atomic E-state index is 11.2. The molecule has 1 aromatic rings. The molecule has 1 unspecified atom stereocenters. The highest BCUT2D eigenvalue weighted by atomic mass is 16.5. The minimum absolute atomic E-state index is 0.273. The lowest BCUT2D eigenvalue weighted by Crippen LogP contribution is -2.34. The molecule has 0 aliphatic rings. The lowest BCUT2D eigenvalue weighted by atomic mass is 9.88. The molecule has 0 bridgehead atoms. The summed E-state index contributed by atoms with van der Waals surface area (Å²) in [5, 5.41) is 12.2. The number of nitrogens with one attached hydrogen (secondary N) is 1. The third kappa shape index (κ3) is 4.36. The number of carboxylic acid groups (broad SMARTS) is 1. The first-order valence-electron chi connectivity index (χ1n) is 6.87. The predicted octanol–water partition coefficient (Wildman–Crippen LogP) is 2.49. The average Bonchev–Trinajstić information content (AvgIpc) is 2.41. The predicted molar refractivity (Wildman–Crippen MR) is 77.1 cm³/mol. The molecular formula is C14H23N3O3. The van der Waals surface area contributed by atoms with Crippen molar-refractivity contribution in [2.75, 3.05) is 18.5 Å². The van der Waals surface area contributed by atoms with Crippen LogP contribution in [0.1, 0.15) is 39.3 Å². The summed E-state index contributed by atoms with van der Waals surface area (Å²) in [5.41, 5.74) is -0.0560. The zero-order chi connectivity index (χ0) is 15.2. The fraction of sp³-hybridized carbons (Fsp3) is 0.643. The highest BCUT2D eigenvalue weighted by Crippen LogP contribution is 2.22. The van der Waals surface area contributed by atoms with Crippen molar-refractivity contribution >= 4 is 11.9 Å². The first-order valence-corrected chi connectivity index (χ1v) is 6.87. The number of carboxylic acids is 1. The molecule has 6 nitrogen and oxygen atoms in total. The van der Waals surface area contributed by atoms with E-state index in [1.165, 1.54) is 0 Å². The molecule has 0 amide bonds. The Kier molecular flexibility index (Phi) is 5.73. The van der Waals surface area contributed by atoms with Gasteiger partial charge in [-0.25, -0.2) is 4.98 Å². The third-order valence-electron chi connectivity index (χ3n) is 3.22. The molecule has 1 aromatic heterocycles. The van der Waals surface area contributed by atoms with Crippen molar-refractivity contribution in [1.82, 2.24) is 9.97 Å². The lowest BCUT2D eigenvalue weighted by Gasteiger charge is -2.23. The van der Waals surface area contributed by atoms with Crippen molar-refractivity contribution in [3.63, 3.8) is 0 Å². The van der Waals surface area contributed by atoms with Gasteiger partial charge in [-0.1, -0.05) is 13.8 Å². The van der Waals surface area contributed by atoms with Gasteiger partial charge >= 0.3 is 5.97 Å². The fourth-order valence-corrected chi connectivity index (χ4v) is 1.53. The van der Waals surface area contributed by atoms with E-state index in [0.717, 1.165) is 12.1 Å². The van der Waals surface area contributed by atoms with Gasteiger partial charge in [0, 0.05) is 18.3 Å². The third-order valence-corrected chi connectivity index (χ3v) is 3.22. The molecule has 20 heavy (non-hydrogen) atoms. The summed E-state index contributed by atoms with van der Waals surface area (Å²) in [6.07, 6.45) is 1.43. The Labute approximate surface area is 119 Å². The first kappa shape index (κ1) is 16.2. The Hall–Kier alpha value is -1.85. The van der Waals surface area contributed by atoms with Crippen molar-refractivity contribution in [2.24, 2.45) is 5.41 Å². The van der Waals surface area contributed by atoms with Gasteiger partial charge in [0.25, 0.3) is 0 Å². The van der Waals surface area contributed by atoms with Crippen molar-refractivity contribution in [2.45, 2.75) is 40.5 Å². The second-order valence-corrected chi connectivity index (χ2v) is 5.09. The van der Waals surface area contributed by atoms with Crippen LogP contribution in [0.15, 0.2) is 6.07 Å². The van der Waals surface area contributed by atoms with Crippen LogP contribution in [0.4, 0.5) is 5.95 Å². The largest absolute Gasteiger partial charge is 0.481 e. The number of rotatable bonds is 8. The van der Waals surface area contributed by atoms with E-state index in [4.69, 9.17) is 4.74 Å². The summed E-state index contributed by atoms with van der Waals surface area (Å²) in [6.45, 7) is 8.29. The Bertz CT molecular complexity index is 465. The first-order chi connectivity index (χ1) is 9.41. The molecule has 0 radical (unpaired) electrons. The van der Waals surface area contributed by atoms with Crippen LogP contribution in [0.2, 0.25) is 0 Å². The number of nitrogens with zero attached hydrogens (tertiary/aromatic N) is 2. The lowest BCUT2D eigenvalue weighted by molar-refractivity contribution is -0.147. The standard InChI is InChI=1S/C14H23N3O3/c1-5-7-20-11-8-10(3)16-13(17-11)15-9-14(4,6-2)12(18)19/h8H,5-7,9H2,1-4H3,(H,18,19)(H,15,16,17). The monoisotopic (exact) mass is 281 g/mol. The highest BCUT2D eigenvalue weighted by molar-refractivity contribution is 5.74. The van der Waals surface area contributed by atoms with E-state index in [-0.39, 0.29) is 6.54 Å². The summed E-state index contributed by atoms with van der Waals surface area (Å²) >= 11 is 0. The van der Waals surface area contributed by atoms with E-state index in [1.807, 2.05) is 20.8 Å². The Balaban J connectivity index is 2.77. The molecule has 1 rings (SSSR count). The van der Waals surface area contributed by atoms with E-state index in [2.05, 4.69) is 15.3 Å². The fourth-order valence-electron chi connectivity index (χ4n) is 1.53. The molecule has 0 saturated carbocycles. The zero-order valence-corrected chi connectivity index (χ0v) is 12.6. The summed E-state index contributed by atoms with van der Waals surface area (Å²) in [5.74, 6) is 0.0787. The molecule has 0 fully saturated rings. The Morgan fingerprint density at radius 1 is 1.45 bits per heavy atom. The minimum atomic E-state index is -0.836. The summed E-state index contributed by atoms with van der Waals surface area (Å²) < 4.78 is 5.47. The molecular weight excluding hydrogens is 258 g/mol. The molecule has 0 aromatic carbocycles. The van der Waals surface area contributed by atoms with Gasteiger partial charge in [-0.2, -0.15) is 4.98 Å². The minimum Gasteiger partial charge on any atom is -0.481 e. The van der Waals surface area contributed by atoms with Gasteiger partial charge in [-0.05, 0) is 26.7 Å². The van der Waals surface area contributed by atoms with Gasteiger partial charge in [0.05, 0.1) is 12.0 Å². The molecule has 0 aliphatic heterocycles. The van der Waals surface area contributed by atoms with E-state index >= 15 is 0 Å². The number of anilines is 1. The van der Waals surface area contributed by atoms with Crippen LogP contribution >= 0.6 is 0 Å². The number of aromatic nitrogens is 2. The maximum absolute atomic E-state index is 11.2. The van der Waals surface area contributed by atoms with Crippen LogP contribution in [0.5, 0.6) is 5.88 Å². The van der Waals surface area contributed by atoms with E-state index in [0.29, 0.717) is 24.9 Å². The van der Waals surface area contributed by atoms with E-state index in [1.54, 1.807) is 13.0 Å². The second kappa shape index (κ2) is 7.07. The van der Waals surface area contributed by atoms with Crippen molar-refractivity contribution in [3.8, 4) is 5.88 Å². The molecule has 0 spiro atoms. The van der Waals surface area contributed by atoms with E-state index in [9.17, 15) is 9.90 Å². The number of carbonyl (C=O) groups is 1. The summed E-state index contributed by atoms with van der Waals surface area (Å²) in [7, 11) is 0. The number of aliphatic carboxylic acids is 1. The van der Waals surface area contributed by atoms with Gasteiger partial charge < -0.3 is 15.2 Å². The normalized spacial score (nSPS) is 13.6. The molecule has 0 saturated heterocycles. The van der Waals surface area contributed by atoms with Crippen LogP contribution in [-0.2, 0) is 4.79 Å². The molecule has 6 heteroatoms.